The third kappa shape index (κ3) is 3.55. The molecule has 0 saturated carbocycles. The molecule has 1 unspecified atom stereocenters. The van der Waals surface area contributed by atoms with Gasteiger partial charge in [-0.05, 0) is 12.1 Å². The van der Waals surface area contributed by atoms with E-state index < -0.39 is 17.7 Å². The van der Waals surface area contributed by atoms with Crippen LogP contribution < -0.4 is 5.32 Å². The van der Waals surface area contributed by atoms with E-state index in [1.807, 2.05) is 0 Å². The van der Waals surface area contributed by atoms with Crippen LogP contribution in [0.25, 0.3) is 0 Å². The number of benzene rings is 1. The molecular weight excluding hydrogens is 256 g/mol. The van der Waals surface area contributed by atoms with E-state index in [9.17, 15) is 13.9 Å². The van der Waals surface area contributed by atoms with Crippen LogP contribution in [0.5, 0.6) is 0 Å². The van der Waals surface area contributed by atoms with E-state index >= 15 is 0 Å². The summed E-state index contributed by atoms with van der Waals surface area (Å²) in [5, 5.41) is 16.1. The van der Waals surface area contributed by atoms with Crippen molar-refractivity contribution in [1.82, 2.24) is 15.5 Å². The standard InChI is InChI=1S/C12H13F2N3O2/c13-8-2-1-3-9(14)12(8)10(18)6-15-5-4-11-16-7-17-19-11/h1-3,7,10,15,18H,4-6H2. The smallest absolute Gasteiger partial charge is 0.227 e. The Bertz CT molecular complexity index is 499. The molecule has 0 aliphatic rings. The Kier molecular flexibility index (Phi) is 4.53. The molecule has 0 spiro atoms. The van der Waals surface area contributed by atoms with Gasteiger partial charge in [0.25, 0.3) is 0 Å². The second-order valence-electron chi connectivity index (χ2n) is 3.94. The first-order chi connectivity index (χ1) is 9.18. The van der Waals surface area contributed by atoms with Crippen molar-refractivity contribution < 1.29 is 18.4 Å². The molecule has 2 rings (SSSR count). The van der Waals surface area contributed by atoms with Crippen molar-refractivity contribution >= 4 is 0 Å². The maximum Gasteiger partial charge on any atom is 0.227 e. The normalized spacial score (nSPS) is 12.6. The molecule has 0 fully saturated rings. The molecular formula is C12H13F2N3O2. The Hall–Kier alpha value is -1.86. The van der Waals surface area contributed by atoms with Crippen molar-refractivity contribution in [3.8, 4) is 0 Å². The molecule has 102 valence electrons. The van der Waals surface area contributed by atoms with Gasteiger partial charge in [0.15, 0.2) is 6.33 Å². The van der Waals surface area contributed by atoms with Crippen LogP contribution in [-0.2, 0) is 6.42 Å². The van der Waals surface area contributed by atoms with E-state index in [2.05, 4.69) is 15.5 Å². The zero-order valence-electron chi connectivity index (χ0n) is 10.0. The van der Waals surface area contributed by atoms with Crippen molar-refractivity contribution in [3.63, 3.8) is 0 Å². The molecule has 0 saturated heterocycles. The van der Waals surface area contributed by atoms with Gasteiger partial charge in [0.05, 0.1) is 11.7 Å². The Morgan fingerprint density at radius 1 is 1.32 bits per heavy atom. The van der Waals surface area contributed by atoms with Crippen molar-refractivity contribution in [2.45, 2.75) is 12.5 Å². The summed E-state index contributed by atoms with van der Waals surface area (Å²) in [6.45, 7) is 0.487. The van der Waals surface area contributed by atoms with Gasteiger partial charge in [0.1, 0.15) is 11.6 Å². The summed E-state index contributed by atoms with van der Waals surface area (Å²) in [7, 11) is 0. The molecule has 2 N–H and O–H groups in total. The summed E-state index contributed by atoms with van der Waals surface area (Å²) in [5.41, 5.74) is -0.326. The number of halogens is 2. The number of aromatic nitrogens is 2. The average Bonchev–Trinajstić information content (AvgIpc) is 2.87. The average molecular weight is 269 g/mol. The highest BCUT2D eigenvalue weighted by atomic mass is 19.1. The second kappa shape index (κ2) is 6.35. The Morgan fingerprint density at radius 3 is 2.68 bits per heavy atom. The lowest BCUT2D eigenvalue weighted by atomic mass is 10.1. The molecule has 1 aromatic carbocycles. The molecule has 0 amide bonds. The number of aliphatic hydroxyl groups excluding tert-OH is 1. The highest BCUT2D eigenvalue weighted by molar-refractivity contribution is 5.22. The topological polar surface area (TPSA) is 71.2 Å². The number of hydrogen-bond donors (Lipinski definition) is 2. The molecule has 0 aliphatic heterocycles. The predicted molar refractivity (Wildman–Crippen MR) is 62.2 cm³/mol. The fourth-order valence-electron chi connectivity index (χ4n) is 1.67. The first-order valence-electron chi connectivity index (χ1n) is 5.76. The third-order valence-electron chi connectivity index (χ3n) is 2.59. The minimum atomic E-state index is -1.25. The number of rotatable bonds is 6. The van der Waals surface area contributed by atoms with Gasteiger partial charge >= 0.3 is 0 Å². The number of hydrogen-bond acceptors (Lipinski definition) is 5. The molecule has 1 aromatic heterocycles. The van der Waals surface area contributed by atoms with E-state index in [1.165, 1.54) is 12.4 Å². The van der Waals surface area contributed by atoms with Crippen molar-refractivity contribution in [2.75, 3.05) is 13.1 Å². The largest absolute Gasteiger partial charge is 0.387 e. The highest BCUT2D eigenvalue weighted by Gasteiger charge is 2.17. The van der Waals surface area contributed by atoms with Crippen molar-refractivity contribution in [2.24, 2.45) is 0 Å². The lowest BCUT2D eigenvalue weighted by molar-refractivity contribution is 0.165. The molecule has 7 heteroatoms. The highest BCUT2D eigenvalue weighted by Crippen LogP contribution is 2.19. The molecule has 0 bridgehead atoms. The van der Waals surface area contributed by atoms with Crippen LogP contribution in [0.2, 0.25) is 0 Å². The molecule has 5 nitrogen and oxygen atoms in total. The van der Waals surface area contributed by atoms with Gasteiger partial charge in [-0.15, -0.1) is 0 Å². The minimum absolute atomic E-state index is 0.0337. The van der Waals surface area contributed by atoms with Crippen LogP contribution in [-0.4, -0.2) is 28.3 Å². The van der Waals surface area contributed by atoms with Gasteiger partial charge in [0, 0.05) is 19.5 Å². The fourth-order valence-corrected chi connectivity index (χ4v) is 1.67. The van der Waals surface area contributed by atoms with Crippen LogP contribution in [0.15, 0.2) is 29.0 Å². The number of nitrogens with zero attached hydrogens (tertiary/aromatic N) is 2. The zero-order chi connectivity index (χ0) is 13.7. The first-order valence-corrected chi connectivity index (χ1v) is 5.76. The monoisotopic (exact) mass is 269 g/mol. The molecule has 0 aliphatic carbocycles. The molecule has 19 heavy (non-hydrogen) atoms. The van der Waals surface area contributed by atoms with Gasteiger partial charge in [-0.2, -0.15) is 4.98 Å². The second-order valence-corrected chi connectivity index (χ2v) is 3.94. The quantitative estimate of drug-likeness (QED) is 0.771. The third-order valence-corrected chi connectivity index (χ3v) is 2.59. The van der Waals surface area contributed by atoms with Gasteiger partial charge in [0.2, 0.25) is 5.89 Å². The van der Waals surface area contributed by atoms with Crippen molar-refractivity contribution in [1.29, 1.82) is 0 Å². The molecule has 2 aromatic rings. The van der Waals surface area contributed by atoms with Gasteiger partial charge in [-0.3, -0.25) is 0 Å². The lowest BCUT2D eigenvalue weighted by Crippen LogP contribution is -2.25. The predicted octanol–water partition coefficient (Wildman–Crippen LogP) is 1.21. The maximum atomic E-state index is 13.4. The minimum Gasteiger partial charge on any atom is -0.387 e. The Labute approximate surface area is 108 Å². The van der Waals surface area contributed by atoms with Crippen LogP contribution in [0.4, 0.5) is 8.78 Å². The molecule has 1 atom stereocenters. The molecule has 0 radical (unpaired) electrons. The van der Waals surface area contributed by atoms with E-state index in [1.54, 1.807) is 0 Å². The maximum absolute atomic E-state index is 13.4. The zero-order valence-corrected chi connectivity index (χ0v) is 10.0. The Balaban J connectivity index is 1.82. The van der Waals surface area contributed by atoms with E-state index in [-0.39, 0.29) is 12.1 Å². The summed E-state index contributed by atoms with van der Waals surface area (Å²) in [6, 6.07) is 3.48. The lowest BCUT2D eigenvalue weighted by Gasteiger charge is -2.13. The Morgan fingerprint density at radius 2 is 2.05 bits per heavy atom. The fraction of sp³-hybridized carbons (Fsp3) is 0.333. The van der Waals surface area contributed by atoms with Crippen LogP contribution in [0.1, 0.15) is 17.6 Å². The summed E-state index contributed by atoms with van der Waals surface area (Å²) in [5.74, 6) is -1.06. The summed E-state index contributed by atoms with van der Waals surface area (Å²) < 4.78 is 31.5. The van der Waals surface area contributed by atoms with E-state index in [0.717, 1.165) is 12.1 Å². The SMILES string of the molecule is OC(CNCCc1ncno1)c1c(F)cccc1F. The summed E-state index contributed by atoms with van der Waals surface area (Å²) in [4.78, 5) is 3.82. The first kappa shape index (κ1) is 13.6. The van der Waals surface area contributed by atoms with Crippen LogP contribution in [0.3, 0.4) is 0 Å². The number of aliphatic hydroxyl groups is 1. The summed E-state index contributed by atoms with van der Waals surface area (Å²) >= 11 is 0. The van der Waals surface area contributed by atoms with Gasteiger partial charge in [-0.1, -0.05) is 11.2 Å². The van der Waals surface area contributed by atoms with E-state index in [0.29, 0.717) is 18.9 Å². The van der Waals surface area contributed by atoms with Gasteiger partial charge in [-0.25, -0.2) is 8.78 Å². The summed E-state index contributed by atoms with van der Waals surface area (Å²) in [6.07, 6.45) is 0.523. The molecule has 1 heterocycles. The van der Waals surface area contributed by atoms with E-state index in [4.69, 9.17) is 4.52 Å². The van der Waals surface area contributed by atoms with Crippen molar-refractivity contribution in [3.05, 3.63) is 47.6 Å². The van der Waals surface area contributed by atoms with Crippen LogP contribution >= 0.6 is 0 Å². The number of nitrogens with one attached hydrogen (secondary N) is 1. The van der Waals surface area contributed by atoms with Gasteiger partial charge < -0.3 is 14.9 Å². The van der Waals surface area contributed by atoms with Crippen LogP contribution in [0, 0.1) is 11.6 Å².